The smallest absolute Gasteiger partial charge is 0.254 e. The zero-order valence-corrected chi connectivity index (χ0v) is 19.5. The lowest BCUT2D eigenvalue weighted by atomic mass is 10.1. The van der Waals surface area contributed by atoms with Crippen molar-refractivity contribution in [2.75, 3.05) is 20.1 Å². The van der Waals surface area contributed by atoms with E-state index in [1.807, 2.05) is 31.2 Å². The van der Waals surface area contributed by atoms with E-state index < -0.39 is 10.0 Å². The van der Waals surface area contributed by atoms with Gasteiger partial charge in [0, 0.05) is 25.7 Å². The number of thiazole rings is 1. The lowest BCUT2D eigenvalue weighted by molar-refractivity contribution is 0.0742. The fourth-order valence-electron chi connectivity index (χ4n) is 3.33. The largest absolute Gasteiger partial charge is 0.333 e. The second-order valence-electron chi connectivity index (χ2n) is 7.18. The summed E-state index contributed by atoms with van der Waals surface area (Å²) in [5, 5.41) is 0.843. The van der Waals surface area contributed by atoms with Crippen molar-refractivity contribution in [3.63, 3.8) is 0 Å². The van der Waals surface area contributed by atoms with E-state index in [-0.39, 0.29) is 16.8 Å². The van der Waals surface area contributed by atoms with Crippen LogP contribution in [0.5, 0.6) is 0 Å². The highest BCUT2D eigenvalue weighted by Gasteiger charge is 2.27. The van der Waals surface area contributed by atoms with Gasteiger partial charge >= 0.3 is 0 Å². The molecule has 1 aromatic heterocycles. The normalized spacial score (nSPS) is 13.0. The van der Waals surface area contributed by atoms with Crippen LogP contribution in [-0.4, -0.2) is 48.7 Å². The molecule has 160 valence electrons. The molecular formula is C22H27N3O3S2. The molecule has 2 aromatic carbocycles. The van der Waals surface area contributed by atoms with E-state index in [2.05, 4.69) is 4.98 Å². The summed E-state index contributed by atoms with van der Waals surface area (Å²) in [6, 6.07) is 12.5. The van der Waals surface area contributed by atoms with Crippen LogP contribution in [0.25, 0.3) is 10.2 Å². The third kappa shape index (κ3) is 4.12. The standard InChI is InChI=1S/C22H27N3O3S2/c1-6-25(7-2)30(27,28)20-14-17(13-12-15(20)3)22(26)24(5)16(4)21-23-18-10-8-9-11-19(18)29-21/h8-14,16H,6-7H2,1-5H3. The van der Waals surface area contributed by atoms with E-state index >= 15 is 0 Å². The highest BCUT2D eigenvalue weighted by atomic mass is 32.2. The average molecular weight is 446 g/mol. The molecule has 1 unspecified atom stereocenters. The van der Waals surface area contributed by atoms with Crippen molar-refractivity contribution >= 4 is 37.5 Å². The van der Waals surface area contributed by atoms with Crippen molar-refractivity contribution in [3.8, 4) is 0 Å². The molecule has 0 saturated carbocycles. The molecule has 0 fully saturated rings. The summed E-state index contributed by atoms with van der Waals surface area (Å²) in [5.74, 6) is -0.238. The van der Waals surface area contributed by atoms with Crippen LogP contribution in [0.15, 0.2) is 47.4 Å². The molecule has 1 atom stereocenters. The minimum atomic E-state index is -3.65. The third-order valence-corrected chi connectivity index (χ3v) is 8.73. The van der Waals surface area contributed by atoms with Gasteiger partial charge in [-0.15, -0.1) is 11.3 Å². The van der Waals surface area contributed by atoms with E-state index in [0.29, 0.717) is 24.2 Å². The van der Waals surface area contributed by atoms with Gasteiger partial charge in [-0.3, -0.25) is 4.79 Å². The molecule has 0 aliphatic carbocycles. The van der Waals surface area contributed by atoms with Gasteiger partial charge in [-0.05, 0) is 43.7 Å². The van der Waals surface area contributed by atoms with Crippen LogP contribution >= 0.6 is 11.3 Å². The van der Waals surface area contributed by atoms with E-state index in [4.69, 9.17) is 0 Å². The van der Waals surface area contributed by atoms with Crippen LogP contribution in [-0.2, 0) is 10.0 Å². The number of carbonyl (C=O) groups is 1. The van der Waals surface area contributed by atoms with E-state index in [0.717, 1.165) is 15.2 Å². The van der Waals surface area contributed by atoms with Gasteiger partial charge in [-0.2, -0.15) is 4.31 Å². The van der Waals surface area contributed by atoms with Crippen molar-refractivity contribution in [2.45, 2.75) is 38.6 Å². The van der Waals surface area contributed by atoms with Gasteiger partial charge in [0.2, 0.25) is 10.0 Å². The maximum Gasteiger partial charge on any atom is 0.254 e. The Balaban J connectivity index is 1.92. The Morgan fingerprint density at radius 2 is 1.80 bits per heavy atom. The Labute approximate surface area is 182 Å². The van der Waals surface area contributed by atoms with Crippen LogP contribution < -0.4 is 0 Å². The Bertz CT molecular complexity index is 1130. The van der Waals surface area contributed by atoms with E-state index in [1.165, 1.54) is 10.4 Å². The van der Waals surface area contributed by atoms with Crippen LogP contribution in [0, 0.1) is 6.92 Å². The first kappa shape index (κ1) is 22.4. The monoisotopic (exact) mass is 445 g/mol. The number of aryl methyl sites for hydroxylation is 1. The fraction of sp³-hybridized carbons (Fsp3) is 0.364. The average Bonchev–Trinajstić information content (AvgIpc) is 3.17. The molecule has 8 heteroatoms. The third-order valence-electron chi connectivity index (χ3n) is 5.33. The van der Waals surface area contributed by atoms with Gasteiger partial charge in [0.15, 0.2) is 0 Å². The molecule has 1 amide bonds. The van der Waals surface area contributed by atoms with Gasteiger partial charge in [0.1, 0.15) is 5.01 Å². The Hall–Kier alpha value is -2.29. The first-order valence-electron chi connectivity index (χ1n) is 9.94. The molecule has 30 heavy (non-hydrogen) atoms. The van der Waals surface area contributed by atoms with Gasteiger partial charge in [0.05, 0.1) is 21.2 Å². The quantitative estimate of drug-likeness (QED) is 0.538. The summed E-state index contributed by atoms with van der Waals surface area (Å²) in [6.07, 6.45) is 0. The molecule has 6 nitrogen and oxygen atoms in total. The van der Waals surface area contributed by atoms with E-state index in [9.17, 15) is 13.2 Å². The molecule has 0 radical (unpaired) electrons. The molecular weight excluding hydrogens is 418 g/mol. The molecule has 0 aliphatic heterocycles. The first-order chi connectivity index (χ1) is 14.2. The van der Waals surface area contributed by atoms with Gasteiger partial charge in [0.25, 0.3) is 5.91 Å². The molecule has 3 rings (SSSR count). The topological polar surface area (TPSA) is 70.6 Å². The molecule has 0 aliphatic rings. The minimum absolute atomic E-state index is 0.179. The van der Waals surface area contributed by atoms with Crippen molar-refractivity contribution < 1.29 is 13.2 Å². The van der Waals surface area contributed by atoms with Gasteiger partial charge in [-0.1, -0.05) is 32.0 Å². The number of hydrogen-bond donors (Lipinski definition) is 0. The molecule has 0 spiro atoms. The van der Waals surface area contributed by atoms with E-state index in [1.54, 1.807) is 56.2 Å². The number of benzene rings is 2. The summed E-state index contributed by atoms with van der Waals surface area (Å²) in [4.78, 5) is 19.6. The lowest BCUT2D eigenvalue weighted by Gasteiger charge is -2.24. The number of amides is 1. The Kier molecular flexibility index (Phi) is 6.59. The zero-order valence-electron chi connectivity index (χ0n) is 17.9. The molecule has 0 bridgehead atoms. The maximum absolute atomic E-state index is 13.2. The van der Waals surface area contributed by atoms with Crippen molar-refractivity contribution in [2.24, 2.45) is 0 Å². The molecule has 0 N–H and O–H groups in total. The number of para-hydroxylation sites is 1. The van der Waals surface area contributed by atoms with Gasteiger partial charge in [-0.25, -0.2) is 13.4 Å². The number of carbonyl (C=O) groups excluding carboxylic acids is 1. The number of hydrogen-bond acceptors (Lipinski definition) is 5. The fourth-order valence-corrected chi connectivity index (χ4v) is 6.10. The second-order valence-corrected chi connectivity index (χ2v) is 10.2. The first-order valence-corrected chi connectivity index (χ1v) is 12.2. The Morgan fingerprint density at radius 1 is 1.13 bits per heavy atom. The van der Waals surface area contributed by atoms with Crippen LogP contribution in [0.3, 0.4) is 0 Å². The predicted octanol–water partition coefficient (Wildman–Crippen LogP) is 4.47. The molecule has 0 saturated heterocycles. The Morgan fingerprint density at radius 3 is 2.43 bits per heavy atom. The van der Waals surface area contributed by atoms with Crippen molar-refractivity contribution in [1.82, 2.24) is 14.2 Å². The van der Waals surface area contributed by atoms with Gasteiger partial charge < -0.3 is 4.90 Å². The SMILES string of the molecule is CCN(CC)S(=O)(=O)c1cc(C(=O)N(C)C(C)c2nc3ccccc3s2)ccc1C. The summed E-state index contributed by atoms with van der Waals surface area (Å²) in [7, 11) is -1.93. The predicted molar refractivity (Wildman–Crippen MR) is 121 cm³/mol. The van der Waals surface area contributed by atoms with Crippen molar-refractivity contribution in [1.29, 1.82) is 0 Å². The number of nitrogens with zero attached hydrogens (tertiary/aromatic N) is 3. The minimum Gasteiger partial charge on any atom is -0.333 e. The summed E-state index contributed by atoms with van der Waals surface area (Å²) in [5.41, 5.74) is 1.88. The van der Waals surface area contributed by atoms with Crippen molar-refractivity contribution in [3.05, 3.63) is 58.6 Å². The highest BCUT2D eigenvalue weighted by molar-refractivity contribution is 7.89. The summed E-state index contributed by atoms with van der Waals surface area (Å²) in [6.45, 7) is 8.04. The molecule has 1 heterocycles. The summed E-state index contributed by atoms with van der Waals surface area (Å²) < 4.78 is 28.5. The number of sulfonamides is 1. The van der Waals surface area contributed by atoms with Crippen LogP contribution in [0.2, 0.25) is 0 Å². The van der Waals surface area contributed by atoms with Crippen LogP contribution in [0.4, 0.5) is 0 Å². The van der Waals surface area contributed by atoms with Crippen LogP contribution in [0.1, 0.15) is 47.7 Å². The number of fused-ring (bicyclic) bond motifs is 1. The number of rotatable bonds is 7. The second kappa shape index (κ2) is 8.83. The highest BCUT2D eigenvalue weighted by Crippen LogP contribution is 2.30. The summed E-state index contributed by atoms with van der Waals surface area (Å²) >= 11 is 1.56. The lowest BCUT2D eigenvalue weighted by Crippen LogP contribution is -2.32. The maximum atomic E-state index is 13.2. The number of aromatic nitrogens is 1. The zero-order chi connectivity index (χ0) is 22.1. The molecule has 3 aromatic rings.